The van der Waals surface area contributed by atoms with Crippen molar-refractivity contribution in [3.8, 4) is 17.2 Å². The number of benzene rings is 2. The van der Waals surface area contributed by atoms with E-state index in [0.29, 0.717) is 30.6 Å². The Labute approximate surface area is 547 Å². The van der Waals surface area contributed by atoms with Gasteiger partial charge >= 0.3 is 0 Å². The Morgan fingerprint density at radius 2 is 1.37 bits per heavy atom. The van der Waals surface area contributed by atoms with Crippen LogP contribution >= 0.6 is 0 Å². The average Bonchev–Trinajstić information content (AvgIpc) is 0.669. The summed E-state index contributed by atoms with van der Waals surface area (Å²) < 4.78 is 87.9. The molecule has 25 heteroatoms. The van der Waals surface area contributed by atoms with E-state index in [9.17, 15) is 25.5 Å². The fraction of sp³-hybridized carbons (Fsp3) is 0.824. The third kappa shape index (κ3) is 15.6. The number of carbonyl (C=O) groups excluding carboxylic acids is 2. The first kappa shape index (κ1) is 75.4. The van der Waals surface area contributed by atoms with Gasteiger partial charge in [0, 0.05) is 69.1 Å². The molecule has 5 N–H and O–H groups in total. The van der Waals surface area contributed by atoms with Crippen LogP contribution < -0.4 is 4.74 Å². The number of aliphatic hydroxyl groups excluding tert-OH is 1. The van der Waals surface area contributed by atoms with Crippen molar-refractivity contribution in [1.29, 1.82) is 0 Å². The summed E-state index contributed by atoms with van der Waals surface area (Å²) in [5, 5.41) is 58.1. The lowest BCUT2D eigenvalue weighted by Gasteiger charge is -2.64. The number of hydrogen-bond acceptors (Lipinski definition) is 25. The molecule has 0 aromatic heterocycles. The lowest BCUT2D eigenvalue weighted by Crippen LogP contribution is -2.72. The van der Waals surface area contributed by atoms with Gasteiger partial charge in [-0.1, -0.05) is 27.7 Å². The zero-order chi connectivity index (χ0) is 68.7. The van der Waals surface area contributed by atoms with Gasteiger partial charge in [-0.05, 0) is 132 Å². The third-order valence-corrected chi connectivity index (χ3v) is 20.9. The molecule has 2 aromatic rings. The quantitative estimate of drug-likeness (QED) is 0.0318. The van der Waals surface area contributed by atoms with Crippen LogP contribution in [0.25, 0.3) is 10.8 Å². The normalized spacial score (nSPS) is 38.5. The molecule has 1 aliphatic carbocycles. The van der Waals surface area contributed by atoms with E-state index in [1.165, 1.54) is 28.1 Å². The molecule has 8 rings (SSSR count). The van der Waals surface area contributed by atoms with Crippen LogP contribution in [-0.4, -0.2) is 206 Å². The number of phenols is 2. The minimum atomic E-state index is -1.82. The molecule has 5 saturated heterocycles. The largest absolute Gasteiger partial charge is 0.507 e. The number of carbonyl (C=O) groups is 2. The van der Waals surface area contributed by atoms with Gasteiger partial charge < -0.3 is 91.8 Å². The number of methoxy groups -OCH3 is 2. The Kier molecular flexibility index (Phi) is 24.3. The van der Waals surface area contributed by atoms with Crippen LogP contribution in [0.1, 0.15) is 178 Å². The third-order valence-electron chi connectivity index (χ3n) is 20.9. The highest BCUT2D eigenvalue weighted by molar-refractivity contribution is 6.13. The summed E-state index contributed by atoms with van der Waals surface area (Å²) in [5.41, 5.74) is -7.18. The Bertz CT molecular complexity index is 2830. The second-order valence-electron chi connectivity index (χ2n) is 28.3. The number of Topliss-reactive ketones (excluding diaryl/α,β-unsaturated/α-hetero) is 2. The van der Waals surface area contributed by atoms with Crippen LogP contribution in [0.4, 0.5) is 0 Å². The maximum atomic E-state index is 16.2. The summed E-state index contributed by atoms with van der Waals surface area (Å²) in [7, 11) is 2.93. The lowest BCUT2D eigenvalue weighted by molar-refractivity contribution is -0.392. The Morgan fingerprint density at radius 1 is 0.742 bits per heavy atom. The summed E-state index contributed by atoms with van der Waals surface area (Å²) in [6.07, 6.45) is -10.7. The van der Waals surface area contributed by atoms with Gasteiger partial charge in [0.05, 0.1) is 97.7 Å². The number of phenolic OH excluding ortho intramolecular Hbond substituents is 2. The van der Waals surface area contributed by atoms with E-state index in [2.05, 4.69) is 6.92 Å². The van der Waals surface area contributed by atoms with Gasteiger partial charge in [0.15, 0.2) is 48.8 Å². The molecule has 0 radical (unpaired) electrons. The molecule has 6 aliphatic rings. The second kappa shape index (κ2) is 30.0. The maximum absolute atomic E-state index is 16.2. The van der Waals surface area contributed by atoms with Crippen molar-refractivity contribution in [1.82, 2.24) is 0 Å². The highest BCUT2D eigenvalue weighted by Crippen LogP contribution is 2.67. The highest BCUT2D eigenvalue weighted by Gasteiger charge is 2.72. The average molecular weight is 1330 g/mol. The summed E-state index contributed by atoms with van der Waals surface area (Å²) >= 11 is 0. The molecular weight excluding hydrogens is 1220 g/mol. The number of aromatic hydroxyl groups is 2. The van der Waals surface area contributed by atoms with E-state index in [1.807, 2.05) is 34.6 Å². The lowest BCUT2D eigenvalue weighted by atomic mass is 9.40. The van der Waals surface area contributed by atoms with Gasteiger partial charge in [0.25, 0.3) is 0 Å². The number of fused-ring (bicyclic) bond motifs is 2. The summed E-state index contributed by atoms with van der Waals surface area (Å²) in [6, 6.07) is 3.38. The summed E-state index contributed by atoms with van der Waals surface area (Å²) in [4.78, 5) is 53.5. The van der Waals surface area contributed by atoms with E-state index in [4.69, 9.17) is 85.9 Å². The number of ether oxygens (including phenoxy) is 14. The van der Waals surface area contributed by atoms with E-state index in [0.717, 1.165) is 0 Å². The Balaban J connectivity index is 1.05. The number of rotatable bonds is 27. The van der Waals surface area contributed by atoms with Crippen molar-refractivity contribution in [2.45, 2.75) is 290 Å². The van der Waals surface area contributed by atoms with Gasteiger partial charge in [-0.3, -0.25) is 9.59 Å². The van der Waals surface area contributed by atoms with Crippen molar-refractivity contribution in [3.05, 3.63) is 28.8 Å². The van der Waals surface area contributed by atoms with Gasteiger partial charge in [0.2, 0.25) is 6.29 Å². The molecule has 0 amide bonds. The van der Waals surface area contributed by atoms with Crippen molar-refractivity contribution in [2.75, 3.05) is 47.3 Å². The Hall–Kier alpha value is -3.36. The predicted molar refractivity (Wildman–Crippen MR) is 334 cm³/mol. The second-order valence-corrected chi connectivity index (χ2v) is 28.3. The number of aliphatic hydroxyl groups is 3. The zero-order valence-corrected chi connectivity index (χ0v) is 58.3. The number of hydrogen-bond donors (Lipinski definition) is 5. The van der Waals surface area contributed by atoms with E-state index >= 15 is 9.59 Å². The van der Waals surface area contributed by atoms with Crippen molar-refractivity contribution in [3.63, 3.8) is 0 Å². The predicted octanol–water partition coefficient (Wildman–Crippen LogP) is 8.43. The number of ketones is 2. The maximum Gasteiger partial charge on any atom is 0.202 e. The molecule has 0 spiro atoms. The first-order chi connectivity index (χ1) is 43.5. The molecule has 5 fully saturated rings. The van der Waals surface area contributed by atoms with E-state index in [1.54, 1.807) is 81.4 Å². The highest BCUT2D eigenvalue weighted by atomic mass is 17.2. The van der Waals surface area contributed by atoms with Crippen LogP contribution in [0.3, 0.4) is 0 Å². The zero-order valence-electron chi connectivity index (χ0n) is 58.3. The fourth-order valence-corrected chi connectivity index (χ4v) is 15.2. The molecular formula is C68H108O25. The molecule has 0 bridgehead atoms. The van der Waals surface area contributed by atoms with Gasteiger partial charge in [-0.15, -0.1) is 0 Å². The monoisotopic (exact) mass is 1320 g/mol. The molecule has 23 atom stereocenters. The first-order valence-electron chi connectivity index (χ1n) is 33.1. The fourth-order valence-electron chi connectivity index (χ4n) is 15.2. The molecule has 5 aliphatic heterocycles. The van der Waals surface area contributed by atoms with Crippen molar-refractivity contribution < 1.29 is 121 Å². The van der Waals surface area contributed by atoms with Gasteiger partial charge in [0.1, 0.15) is 47.3 Å². The molecule has 530 valence electrons. The minimum Gasteiger partial charge on any atom is -0.507 e. The van der Waals surface area contributed by atoms with Crippen LogP contribution in [0.2, 0.25) is 0 Å². The van der Waals surface area contributed by atoms with Crippen molar-refractivity contribution >= 4 is 22.3 Å². The summed E-state index contributed by atoms with van der Waals surface area (Å²) in [6.45, 7) is 32.3. The molecule has 25 nitrogen and oxygen atoms in total. The summed E-state index contributed by atoms with van der Waals surface area (Å²) in [5.74, 6) is -3.15. The molecule has 0 saturated carbocycles. The van der Waals surface area contributed by atoms with Crippen LogP contribution in [0.5, 0.6) is 17.2 Å². The SMILES string of the molecule is CCOOC1CC(Oc2cc3cc4c(c(O)c3c(O)c2C)C(=O)C(C)(COC2CC(COC3CC(COC5CC(C)(O)C(OOCC)C(C)O5)C(C)C(C)O3)OC(C)O2)C(C)(C(C)(OC)C(=O)CC(C)OC(C)(C)O)C4(C)C)OC(C)C1OC1CC(O)C(OC)C(C)O1. The van der Waals surface area contributed by atoms with E-state index < -0.39 is 149 Å². The van der Waals surface area contributed by atoms with Crippen molar-refractivity contribution in [2.24, 2.45) is 22.7 Å². The van der Waals surface area contributed by atoms with Gasteiger partial charge in [-0.25, -0.2) is 19.6 Å². The molecule has 23 unspecified atom stereocenters. The van der Waals surface area contributed by atoms with Crippen LogP contribution in [0, 0.1) is 29.6 Å². The van der Waals surface area contributed by atoms with Gasteiger partial charge in [-0.2, -0.15) is 0 Å². The van der Waals surface area contributed by atoms with Crippen LogP contribution in [-0.2, 0) is 91.3 Å². The van der Waals surface area contributed by atoms with E-state index in [-0.39, 0.29) is 97.9 Å². The smallest absolute Gasteiger partial charge is 0.202 e. The molecule has 5 heterocycles. The topological polar surface area (TPSA) is 301 Å². The van der Waals surface area contributed by atoms with Crippen LogP contribution in [0.15, 0.2) is 12.1 Å². The standard InChI is InChI=1S/C68H108O25/c1-21-81-92-48-29-53(85-39(8)60(48)90-52-28-46(69)59(76-19)38(7)84-52)89-47-25-42-24-45-56(58(72)55(42)57(71)36(47)5)61(73)65(15,68(18,63(45,11)12)67(17,77-20)49(70)23-34(3)91-64(13,14)74)33-80-51-27-44(87-41(10)88-51)32-79-50-26-43(35(4)37(6)83-50)31-78-54-30-66(16,75)62(40(9)86-54)93-82-22-2/h24-25,34-35,37-41,43-44,46,48,50-54,59-60,62,69,71-72,74-75H,21-23,26-33H2,1-20H3. The Morgan fingerprint density at radius 3 is 2.00 bits per heavy atom. The molecule has 2 aromatic carbocycles. The molecule has 93 heavy (non-hydrogen) atoms. The first-order valence-corrected chi connectivity index (χ1v) is 33.1. The minimum absolute atomic E-state index is 0.00872.